The Labute approximate surface area is 120 Å². The molecule has 0 aliphatic carbocycles. The number of nitrogens with two attached hydrogens (primary N) is 1. The van der Waals surface area contributed by atoms with Crippen molar-refractivity contribution in [1.82, 2.24) is 4.90 Å². The van der Waals surface area contributed by atoms with Crippen LogP contribution >= 0.6 is 0 Å². The van der Waals surface area contributed by atoms with Crippen LogP contribution in [0.1, 0.15) is 18.0 Å². The first kappa shape index (κ1) is 15.1. The molecule has 1 saturated heterocycles. The molecular weight excluding hydrogens is 256 g/mol. The summed E-state index contributed by atoms with van der Waals surface area (Å²) in [5.41, 5.74) is 7.43. The molecule has 1 aromatic rings. The van der Waals surface area contributed by atoms with E-state index in [9.17, 15) is 0 Å². The normalized spacial score (nSPS) is 23.0. The van der Waals surface area contributed by atoms with E-state index in [1.165, 1.54) is 0 Å². The maximum absolute atomic E-state index is 6.29. The highest BCUT2D eigenvalue weighted by atomic mass is 16.5. The van der Waals surface area contributed by atoms with E-state index in [4.69, 9.17) is 19.9 Å². The van der Waals surface area contributed by atoms with Crippen molar-refractivity contribution in [3.8, 4) is 11.5 Å². The summed E-state index contributed by atoms with van der Waals surface area (Å²) in [6.45, 7) is 2.59. The van der Waals surface area contributed by atoms with E-state index in [-0.39, 0.29) is 12.1 Å². The van der Waals surface area contributed by atoms with Crippen molar-refractivity contribution < 1.29 is 14.2 Å². The van der Waals surface area contributed by atoms with Crippen LogP contribution in [0.4, 0.5) is 0 Å². The topological polar surface area (TPSA) is 57.0 Å². The zero-order chi connectivity index (χ0) is 14.5. The average molecular weight is 280 g/mol. The second-order valence-electron chi connectivity index (χ2n) is 5.07. The molecule has 0 bridgehead atoms. The molecule has 112 valence electrons. The molecule has 0 aromatic heterocycles. The minimum atomic E-state index is 0.128. The summed E-state index contributed by atoms with van der Waals surface area (Å²) in [5, 5.41) is 0. The largest absolute Gasteiger partial charge is 0.497 e. The summed E-state index contributed by atoms with van der Waals surface area (Å²) < 4.78 is 15.9. The number of hydrogen-bond acceptors (Lipinski definition) is 5. The standard InChI is InChI=1S/C15H24N2O3/c1-18-7-6-17-5-4-14(16)15(17)11-8-12(19-2)10-13(9-11)20-3/h8-10,14-15H,4-7,16H2,1-3H3. The van der Waals surface area contributed by atoms with Crippen LogP contribution in [0.2, 0.25) is 0 Å². The predicted octanol–water partition coefficient (Wildman–Crippen LogP) is 1.42. The van der Waals surface area contributed by atoms with Gasteiger partial charge in [0.15, 0.2) is 0 Å². The molecule has 1 heterocycles. The number of hydrogen-bond donors (Lipinski definition) is 1. The van der Waals surface area contributed by atoms with E-state index in [0.717, 1.165) is 36.6 Å². The van der Waals surface area contributed by atoms with Crippen molar-refractivity contribution >= 4 is 0 Å². The molecule has 0 radical (unpaired) electrons. The van der Waals surface area contributed by atoms with Gasteiger partial charge in [0.25, 0.3) is 0 Å². The van der Waals surface area contributed by atoms with Crippen LogP contribution in [0.5, 0.6) is 11.5 Å². The maximum atomic E-state index is 6.29. The molecule has 20 heavy (non-hydrogen) atoms. The van der Waals surface area contributed by atoms with Gasteiger partial charge in [0.05, 0.1) is 26.9 Å². The fraction of sp³-hybridized carbons (Fsp3) is 0.600. The summed E-state index contributed by atoms with van der Waals surface area (Å²) >= 11 is 0. The second-order valence-corrected chi connectivity index (χ2v) is 5.07. The Balaban J connectivity index is 2.26. The van der Waals surface area contributed by atoms with Gasteiger partial charge in [0.1, 0.15) is 11.5 Å². The lowest BCUT2D eigenvalue weighted by molar-refractivity contribution is 0.139. The second kappa shape index (κ2) is 6.92. The van der Waals surface area contributed by atoms with Crippen LogP contribution in [0.15, 0.2) is 18.2 Å². The third-order valence-electron chi connectivity index (χ3n) is 3.85. The Morgan fingerprint density at radius 3 is 2.35 bits per heavy atom. The van der Waals surface area contributed by atoms with E-state index < -0.39 is 0 Å². The molecule has 1 aliphatic heterocycles. The summed E-state index contributed by atoms with van der Waals surface area (Å²) in [5.74, 6) is 1.59. The van der Waals surface area contributed by atoms with Crippen LogP contribution < -0.4 is 15.2 Å². The van der Waals surface area contributed by atoms with Crippen LogP contribution in [-0.4, -0.2) is 52.0 Å². The Bertz CT molecular complexity index is 417. The first-order valence-electron chi connectivity index (χ1n) is 6.91. The summed E-state index contributed by atoms with van der Waals surface area (Å²) in [4.78, 5) is 2.36. The van der Waals surface area contributed by atoms with E-state index in [0.29, 0.717) is 6.61 Å². The minimum absolute atomic E-state index is 0.128. The van der Waals surface area contributed by atoms with Gasteiger partial charge in [-0.15, -0.1) is 0 Å². The van der Waals surface area contributed by atoms with E-state index in [1.807, 2.05) is 18.2 Å². The summed E-state index contributed by atoms with van der Waals surface area (Å²) in [6, 6.07) is 6.28. The van der Waals surface area contributed by atoms with E-state index >= 15 is 0 Å². The lowest BCUT2D eigenvalue weighted by Crippen LogP contribution is -2.33. The SMILES string of the molecule is COCCN1CCC(N)C1c1cc(OC)cc(OC)c1. The van der Waals surface area contributed by atoms with Gasteiger partial charge in [-0.1, -0.05) is 0 Å². The molecule has 2 rings (SSSR count). The van der Waals surface area contributed by atoms with Gasteiger partial charge >= 0.3 is 0 Å². The fourth-order valence-electron chi connectivity index (χ4n) is 2.80. The molecule has 0 amide bonds. The highest BCUT2D eigenvalue weighted by molar-refractivity contribution is 5.40. The smallest absolute Gasteiger partial charge is 0.122 e. The molecule has 0 saturated carbocycles. The maximum Gasteiger partial charge on any atom is 0.122 e. The molecule has 0 spiro atoms. The molecule has 5 nitrogen and oxygen atoms in total. The van der Waals surface area contributed by atoms with Crippen LogP contribution in [0.25, 0.3) is 0 Å². The highest BCUT2D eigenvalue weighted by Gasteiger charge is 2.33. The third kappa shape index (κ3) is 3.23. The average Bonchev–Trinajstić information content (AvgIpc) is 2.85. The minimum Gasteiger partial charge on any atom is -0.497 e. The third-order valence-corrected chi connectivity index (χ3v) is 3.85. The monoisotopic (exact) mass is 280 g/mol. The van der Waals surface area contributed by atoms with Crippen molar-refractivity contribution in [1.29, 1.82) is 0 Å². The number of ether oxygens (including phenoxy) is 3. The zero-order valence-corrected chi connectivity index (χ0v) is 12.5. The van der Waals surface area contributed by atoms with Gasteiger partial charge in [-0.05, 0) is 24.1 Å². The Morgan fingerprint density at radius 1 is 1.15 bits per heavy atom. The van der Waals surface area contributed by atoms with Gasteiger partial charge in [-0.25, -0.2) is 0 Å². The molecule has 2 atom stereocenters. The molecule has 5 heteroatoms. The van der Waals surface area contributed by atoms with Crippen LogP contribution in [-0.2, 0) is 4.74 Å². The lowest BCUT2D eigenvalue weighted by atomic mass is 10.00. The molecule has 2 unspecified atom stereocenters. The van der Waals surface area contributed by atoms with Gasteiger partial charge in [-0.2, -0.15) is 0 Å². The zero-order valence-electron chi connectivity index (χ0n) is 12.5. The van der Waals surface area contributed by atoms with Gasteiger partial charge in [0.2, 0.25) is 0 Å². The Morgan fingerprint density at radius 2 is 1.80 bits per heavy atom. The Kier molecular flexibility index (Phi) is 5.23. The first-order valence-corrected chi connectivity index (χ1v) is 6.91. The first-order chi connectivity index (χ1) is 9.69. The van der Waals surface area contributed by atoms with Crippen molar-refractivity contribution in [2.75, 3.05) is 41.0 Å². The van der Waals surface area contributed by atoms with E-state index in [1.54, 1.807) is 21.3 Å². The van der Waals surface area contributed by atoms with Gasteiger partial charge < -0.3 is 19.9 Å². The quantitative estimate of drug-likeness (QED) is 0.854. The number of benzene rings is 1. The predicted molar refractivity (Wildman–Crippen MR) is 78.3 cm³/mol. The van der Waals surface area contributed by atoms with E-state index in [2.05, 4.69) is 4.90 Å². The van der Waals surface area contributed by atoms with Crippen molar-refractivity contribution in [3.05, 3.63) is 23.8 Å². The molecular formula is C15H24N2O3. The van der Waals surface area contributed by atoms with Gasteiger partial charge in [0, 0.05) is 32.3 Å². The lowest BCUT2D eigenvalue weighted by Gasteiger charge is -2.27. The fourth-order valence-corrected chi connectivity index (χ4v) is 2.80. The van der Waals surface area contributed by atoms with Crippen LogP contribution in [0.3, 0.4) is 0 Å². The molecule has 1 fully saturated rings. The number of nitrogens with zero attached hydrogens (tertiary/aromatic N) is 1. The molecule has 2 N–H and O–H groups in total. The molecule has 1 aromatic carbocycles. The Hall–Kier alpha value is -1.30. The summed E-state index contributed by atoms with van der Waals surface area (Å²) in [7, 11) is 5.05. The summed E-state index contributed by atoms with van der Waals surface area (Å²) in [6.07, 6.45) is 0.994. The van der Waals surface area contributed by atoms with Crippen molar-refractivity contribution in [2.45, 2.75) is 18.5 Å². The van der Waals surface area contributed by atoms with Crippen molar-refractivity contribution in [3.63, 3.8) is 0 Å². The molecule has 1 aliphatic rings. The van der Waals surface area contributed by atoms with Gasteiger partial charge in [-0.3, -0.25) is 4.90 Å². The number of rotatable bonds is 6. The highest BCUT2D eigenvalue weighted by Crippen LogP contribution is 2.35. The number of methoxy groups -OCH3 is 3. The van der Waals surface area contributed by atoms with Crippen molar-refractivity contribution in [2.24, 2.45) is 5.73 Å². The number of likely N-dealkylation sites (tertiary alicyclic amines) is 1. The van der Waals surface area contributed by atoms with Crippen LogP contribution in [0, 0.1) is 0 Å².